The predicted octanol–water partition coefficient (Wildman–Crippen LogP) is 2.35. The summed E-state index contributed by atoms with van der Waals surface area (Å²) in [4.78, 5) is 14.1. The minimum Gasteiger partial charge on any atom is -0.388 e. The number of hydrogen-bond acceptors (Lipinski definition) is 4. The van der Waals surface area contributed by atoms with Crippen molar-refractivity contribution in [2.24, 2.45) is 0 Å². The monoisotopic (exact) mass is 319 g/mol. The van der Waals surface area contributed by atoms with E-state index in [2.05, 4.69) is 35.2 Å². The van der Waals surface area contributed by atoms with Crippen LogP contribution in [-0.2, 0) is 6.54 Å². The van der Waals surface area contributed by atoms with E-state index in [0.717, 1.165) is 0 Å². The van der Waals surface area contributed by atoms with Gasteiger partial charge in [0.05, 0.1) is 5.88 Å². The molecular weight excluding hydrogens is 306 g/mol. The van der Waals surface area contributed by atoms with E-state index in [0.29, 0.717) is 5.82 Å². The second-order valence-corrected chi connectivity index (χ2v) is 5.04. The zero-order valence-electron chi connectivity index (χ0n) is 11.9. The molecule has 0 spiro atoms. The van der Waals surface area contributed by atoms with Gasteiger partial charge in [0, 0.05) is 6.92 Å². The van der Waals surface area contributed by atoms with Crippen molar-refractivity contribution in [2.45, 2.75) is 19.6 Å². The van der Waals surface area contributed by atoms with Gasteiger partial charge in [-0.15, -0.1) is 18.0 Å². The Labute approximate surface area is 132 Å². The first-order valence-corrected chi connectivity index (χ1v) is 7.04. The smallest absolute Gasteiger partial charge is 0.359 e. The number of nitro groups is 1. The van der Waals surface area contributed by atoms with Gasteiger partial charge in [-0.05, 0) is 22.0 Å². The average molecular weight is 320 g/mol. The molecule has 1 heterocycles. The topological polar surface area (TPSA) is 81.2 Å². The molecule has 0 aliphatic heterocycles. The van der Waals surface area contributed by atoms with Gasteiger partial charge < -0.3 is 15.2 Å². The highest BCUT2D eigenvalue weighted by Gasteiger charge is 2.25. The Kier molecular flexibility index (Phi) is 4.81. The molecule has 1 aromatic rings. The lowest BCUT2D eigenvalue weighted by atomic mass is 9.95. The minimum atomic E-state index is -0.876. The van der Waals surface area contributed by atoms with Crippen molar-refractivity contribution in [2.75, 3.05) is 5.88 Å². The number of rotatable bonds is 4. The van der Waals surface area contributed by atoms with Gasteiger partial charge in [0.2, 0.25) is 5.69 Å². The minimum absolute atomic E-state index is 0.000324. The van der Waals surface area contributed by atoms with Crippen LogP contribution < -0.4 is 0 Å². The number of hydrogen-bond donors (Lipinski definition) is 1. The molecular formula is C15H14ClN3O3. The van der Waals surface area contributed by atoms with Crippen LogP contribution in [0.3, 0.4) is 0 Å². The van der Waals surface area contributed by atoms with Crippen LogP contribution in [0, 0.1) is 29.4 Å². The molecule has 0 saturated heterocycles. The van der Waals surface area contributed by atoms with Crippen molar-refractivity contribution in [3.05, 3.63) is 45.9 Å². The maximum Gasteiger partial charge on any atom is 0.359 e. The van der Waals surface area contributed by atoms with Gasteiger partial charge in [-0.3, -0.25) is 0 Å². The number of aliphatic hydroxyl groups excluding tert-OH is 1. The number of alkyl halides is 1. The lowest BCUT2D eigenvalue weighted by Crippen LogP contribution is -2.19. The normalized spacial score (nSPS) is 11.9. The van der Waals surface area contributed by atoms with Crippen LogP contribution in [0.5, 0.6) is 0 Å². The summed E-state index contributed by atoms with van der Waals surface area (Å²) in [7, 11) is 0. The number of benzene rings is 1. The standard InChI is InChI=1S/C9H10ClN3O3.C6H4/c1-3-8-9(13(15)16)12(6(2)11-8)5-7(14)4-10;1-2-6-4-3-5(1)6/h1,7,14H,4-5H2,2H3;1-4H. The third-order valence-corrected chi connectivity index (χ3v) is 3.59. The maximum absolute atomic E-state index is 10.8. The summed E-state index contributed by atoms with van der Waals surface area (Å²) in [5.74, 6) is 2.22. The van der Waals surface area contributed by atoms with Crippen molar-refractivity contribution >= 4 is 17.4 Å². The van der Waals surface area contributed by atoms with Gasteiger partial charge in [-0.25, -0.2) is 4.57 Å². The van der Waals surface area contributed by atoms with Crippen molar-refractivity contribution in [3.8, 4) is 23.5 Å². The van der Waals surface area contributed by atoms with Gasteiger partial charge >= 0.3 is 5.82 Å². The molecule has 0 saturated carbocycles. The zero-order chi connectivity index (χ0) is 16.3. The third kappa shape index (κ3) is 3.11. The van der Waals surface area contributed by atoms with Gasteiger partial charge in [0.25, 0.3) is 0 Å². The van der Waals surface area contributed by atoms with E-state index in [1.165, 1.54) is 15.7 Å². The van der Waals surface area contributed by atoms with E-state index in [1.807, 2.05) is 0 Å². The number of terminal acetylenes is 1. The molecule has 0 fully saturated rings. The first-order valence-electron chi connectivity index (χ1n) is 6.50. The summed E-state index contributed by atoms with van der Waals surface area (Å²) in [6, 6.07) is 8.48. The van der Waals surface area contributed by atoms with E-state index in [4.69, 9.17) is 18.0 Å². The molecule has 2 aliphatic carbocycles. The molecule has 1 N–H and O–H groups in total. The second kappa shape index (κ2) is 6.60. The summed E-state index contributed by atoms with van der Waals surface area (Å²) < 4.78 is 1.25. The first kappa shape index (κ1) is 16.0. The van der Waals surface area contributed by atoms with E-state index in [9.17, 15) is 15.2 Å². The Bertz CT molecular complexity index is 711. The summed E-state index contributed by atoms with van der Waals surface area (Å²) >= 11 is 5.43. The molecule has 2 aliphatic rings. The molecule has 6 nitrogen and oxygen atoms in total. The highest BCUT2D eigenvalue weighted by Crippen LogP contribution is 2.29. The van der Waals surface area contributed by atoms with Gasteiger partial charge in [0.15, 0.2) is 5.82 Å². The van der Waals surface area contributed by atoms with E-state index < -0.39 is 11.0 Å². The number of fused-ring (bicyclic) bond motifs is 1. The molecule has 0 aromatic carbocycles. The van der Waals surface area contributed by atoms with Crippen LogP contribution in [0.15, 0.2) is 24.3 Å². The second-order valence-electron chi connectivity index (χ2n) is 4.73. The lowest BCUT2D eigenvalue weighted by molar-refractivity contribution is -0.392. The number of aromatic nitrogens is 2. The maximum atomic E-state index is 10.8. The Balaban J connectivity index is 0.000000238. The molecule has 0 bridgehead atoms. The van der Waals surface area contributed by atoms with Crippen LogP contribution in [0.2, 0.25) is 0 Å². The van der Waals surface area contributed by atoms with Crippen LogP contribution in [0.4, 0.5) is 5.82 Å². The Hall–Kier alpha value is -2.36. The van der Waals surface area contributed by atoms with Crippen LogP contribution in [0.1, 0.15) is 11.5 Å². The molecule has 3 rings (SSSR count). The van der Waals surface area contributed by atoms with Crippen molar-refractivity contribution in [1.29, 1.82) is 0 Å². The largest absolute Gasteiger partial charge is 0.388 e. The molecule has 1 aromatic heterocycles. The fourth-order valence-corrected chi connectivity index (χ4v) is 2.07. The summed E-state index contributed by atoms with van der Waals surface area (Å²) in [5, 5.41) is 20.2. The summed E-state index contributed by atoms with van der Waals surface area (Å²) in [5.41, 5.74) is 2.81. The van der Waals surface area contributed by atoms with E-state index in [1.54, 1.807) is 6.92 Å². The molecule has 0 amide bonds. The van der Waals surface area contributed by atoms with E-state index >= 15 is 0 Å². The van der Waals surface area contributed by atoms with E-state index in [-0.39, 0.29) is 23.9 Å². The molecule has 7 heteroatoms. The van der Waals surface area contributed by atoms with Crippen molar-refractivity contribution < 1.29 is 10.0 Å². The molecule has 114 valence electrons. The number of aryl methyl sites for hydroxylation is 1. The molecule has 1 atom stereocenters. The predicted molar refractivity (Wildman–Crippen MR) is 83.7 cm³/mol. The van der Waals surface area contributed by atoms with Crippen LogP contribution >= 0.6 is 11.6 Å². The SMILES string of the molecule is C#Cc1nc(C)n(CC(O)CCl)c1[N+](=O)[O-].c1cc2ccc1-2. The fourth-order valence-electron chi connectivity index (χ4n) is 1.98. The van der Waals surface area contributed by atoms with Crippen molar-refractivity contribution in [3.63, 3.8) is 0 Å². The Morgan fingerprint density at radius 3 is 2.32 bits per heavy atom. The fraction of sp³-hybridized carbons (Fsp3) is 0.267. The Morgan fingerprint density at radius 1 is 1.45 bits per heavy atom. The van der Waals surface area contributed by atoms with Crippen molar-refractivity contribution in [1.82, 2.24) is 9.55 Å². The van der Waals surface area contributed by atoms with Crippen LogP contribution in [0.25, 0.3) is 11.1 Å². The third-order valence-electron chi connectivity index (χ3n) is 3.23. The van der Waals surface area contributed by atoms with Gasteiger partial charge in [0.1, 0.15) is 12.6 Å². The van der Waals surface area contributed by atoms with Gasteiger partial charge in [-0.1, -0.05) is 24.3 Å². The highest BCUT2D eigenvalue weighted by molar-refractivity contribution is 6.18. The number of imidazole rings is 1. The molecule has 0 radical (unpaired) electrons. The lowest BCUT2D eigenvalue weighted by Gasteiger charge is -2.10. The number of halogens is 1. The quantitative estimate of drug-likeness (QED) is 0.346. The number of nitrogens with zero attached hydrogens (tertiary/aromatic N) is 3. The molecule has 1 unspecified atom stereocenters. The average Bonchev–Trinajstić information content (AvgIpc) is 2.79. The highest BCUT2D eigenvalue weighted by atomic mass is 35.5. The summed E-state index contributed by atoms with van der Waals surface area (Å²) in [6.07, 6.45) is 4.24. The summed E-state index contributed by atoms with van der Waals surface area (Å²) in [6.45, 7) is 1.58. The van der Waals surface area contributed by atoms with Crippen LogP contribution in [-0.4, -0.2) is 31.6 Å². The van der Waals surface area contributed by atoms with Gasteiger partial charge in [-0.2, -0.15) is 4.98 Å². The zero-order valence-corrected chi connectivity index (χ0v) is 12.6. The first-order chi connectivity index (χ1) is 10.5. The number of aliphatic hydroxyl groups is 1. The molecule has 22 heavy (non-hydrogen) atoms. The Morgan fingerprint density at radius 2 is 2.00 bits per heavy atom.